The first-order valence-electron chi connectivity index (χ1n) is 4.39. The van der Waals surface area contributed by atoms with Crippen molar-refractivity contribution < 1.29 is 9.53 Å². The second kappa shape index (κ2) is 5.85. The summed E-state index contributed by atoms with van der Waals surface area (Å²) in [7, 11) is 1.30. The minimum atomic E-state index is -0.472. The molecule has 1 aromatic carbocycles. The molecule has 0 fully saturated rings. The van der Waals surface area contributed by atoms with Crippen LogP contribution >= 0.6 is 0 Å². The van der Waals surface area contributed by atoms with Crippen LogP contribution in [0, 0.1) is 0 Å². The molecule has 0 amide bonds. The van der Waals surface area contributed by atoms with Crippen LogP contribution in [0.3, 0.4) is 0 Å². The Kier molecular flexibility index (Phi) is 5.14. The molecular formula is C10H16N2O2. The molecule has 0 atom stereocenters. The number of carbonyl (C=O) groups is 1. The number of methoxy groups -OCH3 is 1. The molecule has 0 unspecified atom stereocenters. The topological polar surface area (TPSA) is 78.3 Å². The molecule has 78 valence electrons. The second-order valence-electron chi connectivity index (χ2n) is 2.30. The lowest BCUT2D eigenvalue weighted by molar-refractivity contribution is 0.0602. The monoisotopic (exact) mass is 196 g/mol. The van der Waals surface area contributed by atoms with Gasteiger partial charge in [0, 0.05) is 0 Å². The Morgan fingerprint density at radius 3 is 2.36 bits per heavy atom. The zero-order valence-electron chi connectivity index (χ0n) is 8.70. The van der Waals surface area contributed by atoms with E-state index in [-0.39, 0.29) is 5.69 Å². The molecule has 4 nitrogen and oxygen atoms in total. The highest BCUT2D eigenvalue weighted by Gasteiger charge is 2.10. The van der Waals surface area contributed by atoms with Gasteiger partial charge in [-0.05, 0) is 12.1 Å². The Bertz CT molecular complexity index is 311. The average Bonchev–Trinajstić information content (AvgIpc) is 2.24. The van der Waals surface area contributed by atoms with Crippen LogP contribution in [0.5, 0.6) is 0 Å². The van der Waals surface area contributed by atoms with Crippen LogP contribution in [-0.4, -0.2) is 13.1 Å². The van der Waals surface area contributed by atoms with Crippen molar-refractivity contribution in [2.45, 2.75) is 13.8 Å². The van der Waals surface area contributed by atoms with Crippen molar-refractivity contribution >= 4 is 17.3 Å². The van der Waals surface area contributed by atoms with Crippen molar-refractivity contribution in [1.29, 1.82) is 0 Å². The quantitative estimate of drug-likeness (QED) is 0.529. The third-order valence-electron chi connectivity index (χ3n) is 1.55. The number of rotatable bonds is 1. The van der Waals surface area contributed by atoms with Crippen molar-refractivity contribution in [2.24, 2.45) is 0 Å². The third-order valence-corrected chi connectivity index (χ3v) is 1.55. The largest absolute Gasteiger partial charge is 0.465 e. The van der Waals surface area contributed by atoms with E-state index < -0.39 is 5.97 Å². The summed E-state index contributed by atoms with van der Waals surface area (Å²) >= 11 is 0. The summed E-state index contributed by atoms with van der Waals surface area (Å²) in [4.78, 5) is 11.0. The van der Waals surface area contributed by atoms with E-state index in [4.69, 9.17) is 11.5 Å². The molecule has 1 rings (SSSR count). The Morgan fingerprint density at radius 2 is 1.86 bits per heavy atom. The van der Waals surface area contributed by atoms with Gasteiger partial charge in [-0.1, -0.05) is 19.9 Å². The number of esters is 1. The summed E-state index contributed by atoms with van der Waals surface area (Å²) in [5, 5.41) is 0. The average molecular weight is 196 g/mol. The summed E-state index contributed by atoms with van der Waals surface area (Å²) in [5.41, 5.74) is 12.0. The fourth-order valence-corrected chi connectivity index (χ4v) is 0.871. The standard InChI is InChI=1S/C8H10N2O2.C2H6/c1-12-8(11)5-3-2-4-6(9)7(5)10;1-2/h2-4H,9-10H2,1H3;1-2H3. The van der Waals surface area contributed by atoms with E-state index in [0.29, 0.717) is 11.3 Å². The molecule has 0 saturated carbocycles. The van der Waals surface area contributed by atoms with E-state index in [0.717, 1.165) is 0 Å². The number of nitrogens with two attached hydrogens (primary N) is 2. The first-order chi connectivity index (χ1) is 6.66. The fraction of sp³-hybridized carbons (Fsp3) is 0.300. The minimum Gasteiger partial charge on any atom is -0.465 e. The van der Waals surface area contributed by atoms with Crippen LogP contribution in [0.1, 0.15) is 24.2 Å². The first-order valence-corrected chi connectivity index (χ1v) is 4.39. The number of nitrogen functional groups attached to an aromatic ring is 2. The molecule has 0 radical (unpaired) electrons. The lowest BCUT2D eigenvalue weighted by atomic mass is 10.1. The number of anilines is 2. The van der Waals surface area contributed by atoms with Crippen LogP contribution in [0.25, 0.3) is 0 Å². The number of para-hydroxylation sites is 1. The summed E-state index contributed by atoms with van der Waals surface area (Å²) in [5.74, 6) is -0.472. The van der Waals surface area contributed by atoms with Gasteiger partial charge < -0.3 is 16.2 Å². The zero-order chi connectivity index (χ0) is 11.1. The Morgan fingerprint density at radius 1 is 1.29 bits per heavy atom. The highest BCUT2D eigenvalue weighted by atomic mass is 16.5. The van der Waals surface area contributed by atoms with Crippen LogP contribution < -0.4 is 11.5 Å². The Balaban J connectivity index is 0.000000791. The van der Waals surface area contributed by atoms with E-state index in [1.807, 2.05) is 13.8 Å². The number of hydrogen-bond donors (Lipinski definition) is 2. The van der Waals surface area contributed by atoms with Gasteiger partial charge in [0.05, 0.1) is 24.0 Å². The number of hydrogen-bond acceptors (Lipinski definition) is 4. The van der Waals surface area contributed by atoms with Crippen molar-refractivity contribution in [2.75, 3.05) is 18.6 Å². The normalized spacial score (nSPS) is 8.50. The molecule has 0 spiro atoms. The predicted molar refractivity (Wildman–Crippen MR) is 58.0 cm³/mol. The number of carbonyl (C=O) groups excluding carboxylic acids is 1. The van der Waals surface area contributed by atoms with Crippen molar-refractivity contribution in [3.05, 3.63) is 23.8 Å². The smallest absolute Gasteiger partial charge is 0.340 e. The van der Waals surface area contributed by atoms with Gasteiger partial charge >= 0.3 is 5.97 Å². The van der Waals surface area contributed by atoms with Crippen LogP contribution in [0.15, 0.2) is 18.2 Å². The SMILES string of the molecule is CC.COC(=O)c1cccc(N)c1N. The first kappa shape index (κ1) is 12.3. The maximum Gasteiger partial charge on any atom is 0.340 e. The van der Waals surface area contributed by atoms with E-state index in [2.05, 4.69) is 4.74 Å². The van der Waals surface area contributed by atoms with E-state index in [1.165, 1.54) is 7.11 Å². The van der Waals surface area contributed by atoms with Gasteiger partial charge in [-0.25, -0.2) is 4.79 Å². The second-order valence-corrected chi connectivity index (χ2v) is 2.30. The highest BCUT2D eigenvalue weighted by Crippen LogP contribution is 2.19. The maximum atomic E-state index is 11.0. The van der Waals surface area contributed by atoms with E-state index >= 15 is 0 Å². The Labute approximate surface area is 83.9 Å². The number of benzene rings is 1. The van der Waals surface area contributed by atoms with Gasteiger partial charge in [-0.3, -0.25) is 0 Å². The lowest BCUT2D eigenvalue weighted by Crippen LogP contribution is -2.07. The van der Waals surface area contributed by atoms with Crippen LogP contribution in [0.2, 0.25) is 0 Å². The maximum absolute atomic E-state index is 11.0. The molecule has 4 N–H and O–H groups in total. The molecular weight excluding hydrogens is 180 g/mol. The van der Waals surface area contributed by atoms with E-state index in [1.54, 1.807) is 18.2 Å². The molecule has 0 aliphatic rings. The molecule has 0 saturated heterocycles. The molecule has 14 heavy (non-hydrogen) atoms. The molecule has 4 heteroatoms. The van der Waals surface area contributed by atoms with Crippen LogP contribution in [0.4, 0.5) is 11.4 Å². The zero-order valence-corrected chi connectivity index (χ0v) is 8.70. The minimum absolute atomic E-state index is 0.268. The summed E-state index contributed by atoms with van der Waals surface area (Å²) in [6.45, 7) is 4.00. The van der Waals surface area contributed by atoms with Crippen molar-refractivity contribution in [3.63, 3.8) is 0 Å². The van der Waals surface area contributed by atoms with Crippen LogP contribution in [-0.2, 0) is 4.74 Å². The third kappa shape index (κ3) is 2.65. The molecule has 0 aromatic heterocycles. The lowest BCUT2D eigenvalue weighted by Gasteiger charge is -2.04. The molecule has 0 bridgehead atoms. The van der Waals surface area contributed by atoms with Gasteiger partial charge in [0.2, 0.25) is 0 Å². The molecule has 0 heterocycles. The Hall–Kier alpha value is -1.71. The summed E-state index contributed by atoms with van der Waals surface area (Å²) in [6.07, 6.45) is 0. The van der Waals surface area contributed by atoms with Gasteiger partial charge in [0.1, 0.15) is 0 Å². The molecule has 0 aliphatic carbocycles. The van der Waals surface area contributed by atoms with Crippen molar-refractivity contribution in [3.8, 4) is 0 Å². The van der Waals surface area contributed by atoms with Gasteiger partial charge in [-0.2, -0.15) is 0 Å². The molecule has 0 aliphatic heterocycles. The predicted octanol–water partition coefficient (Wildman–Crippen LogP) is 1.66. The highest BCUT2D eigenvalue weighted by molar-refractivity contribution is 5.97. The van der Waals surface area contributed by atoms with Gasteiger partial charge in [0.25, 0.3) is 0 Å². The van der Waals surface area contributed by atoms with E-state index in [9.17, 15) is 4.79 Å². The summed E-state index contributed by atoms with van der Waals surface area (Å²) in [6, 6.07) is 4.84. The summed E-state index contributed by atoms with van der Waals surface area (Å²) < 4.78 is 4.50. The fourth-order valence-electron chi connectivity index (χ4n) is 0.871. The van der Waals surface area contributed by atoms with Gasteiger partial charge in [-0.15, -0.1) is 0 Å². The molecule has 1 aromatic rings. The van der Waals surface area contributed by atoms with Gasteiger partial charge in [0.15, 0.2) is 0 Å². The number of ether oxygens (including phenoxy) is 1. The van der Waals surface area contributed by atoms with Crippen molar-refractivity contribution in [1.82, 2.24) is 0 Å².